The third-order valence-corrected chi connectivity index (χ3v) is 3.18. The number of aromatic amines is 1. The second kappa shape index (κ2) is 7.33. The first kappa shape index (κ1) is 14.9. The van der Waals surface area contributed by atoms with Gasteiger partial charge in [0.25, 0.3) is 0 Å². The molecule has 1 aromatic heterocycles. The summed E-state index contributed by atoms with van der Waals surface area (Å²) in [7, 11) is 0. The fourth-order valence-corrected chi connectivity index (χ4v) is 2.17. The number of hydrogen-bond acceptors (Lipinski definition) is 3. The topological polar surface area (TPSA) is 97.2 Å². The van der Waals surface area contributed by atoms with Crippen molar-refractivity contribution in [3.8, 4) is 0 Å². The highest BCUT2D eigenvalue weighted by Crippen LogP contribution is 2.17. The number of benzene rings is 1. The van der Waals surface area contributed by atoms with Crippen molar-refractivity contribution in [3.05, 3.63) is 36.0 Å². The van der Waals surface area contributed by atoms with E-state index in [-0.39, 0.29) is 12.5 Å². The van der Waals surface area contributed by atoms with Gasteiger partial charge in [-0.25, -0.2) is 4.79 Å². The zero-order chi connectivity index (χ0) is 15.1. The van der Waals surface area contributed by atoms with E-state index in [0.29, 0.717) is 19.4 Å². The lowest BCUT2D eigenvalue weighted by molar-refractivity contribution is -0.121. The van der Waals surface area contributed by atoms with E-state index in [2.05, 4.69) is 21.1 Å². The van der Waals surface area contributed by atoms with Gasteiger partial charge in [-0.15, -0.1) is 0 Å². The molecule has 1 aromatic carbocycles. The largest absolute Gasteiger partial charge is 0.450 e. The quantitative estimate of drug-likeness (QED) is 0.677. The van der Waals surface area contributed by atoms with Gasteiger partial charge < -0.3 is 20.8 Å². The van der Waals surface area contributed by atoms with Gasteiger partial charge in [0.1, 0.15) is 0 Å². The molecule has 2 amide bonds. The molecule has 0 bridgehead atoms. The summed E-state index contributed by atoms with van der Waals surface area (Å²) in [4.78, 5) is 25.1. The van der Waals surface area contributed by atoms with Crippen molar-refractivity contribution in [2.24, 2.45) is 5.73 Å². The zero-order valence-corrected chi connectivity index (χ0v) is 11.7. The van der Waals surface area contributed by atoms with E-state index in [1.165, 1.54) is 10.9 Å². The molecule has 0 saturated heterocycles. The summed E-state index contributed by atoms with van der Waals surface area (Å²) in [5.41, 5.74) is 7.11. The Balaban J connectivity index is 1.69. The predicted octanol–water partition coefficient (Wildman–Crippen LogP) is 1.70. The van der Waals surface area contributed by atoms with E-state index < -0.39 is 6.09 Å². The van der Waals surface area contributed by atoms with E-state index >= 15 is 0 Å². The van der Waals surface area contributed by atoms with Crippen molar-refractivity contribution in [2.45, 2.75) is 19.3 Å². The predicted molar refractivity (Wildman–Crippen MR) is 79.8 cm³/mol. The van der Waals surface area contributed by atoms with Crippen molar-refractivity contribution in [2.75, 3.05) is 13.2 Å². The van der Waals surface area contributed by atoms with Crippen molar-refractivity contribution < 1.29 is 14.3 Å². The number of para-hydroxylation sites is 1. The molecule has 112 valence electrons. The molecule has 6 nitrogen and oxygen atoms in total. The van der Waals surface area contributed by atoms with Crippen LogP contribution in [-0.4, -0.2) is 30.1 Å². The first-order valence-electron chi connectivity index (χ1n) is 6.91. The monoisotopic (exact) mass is 289 g/mol. The van der Waals surface area contributed by atoms with Gasteiger partial charge in [-0.1, -0.05) is 18.2 Å². The summed E-state index contributed by atoms with van der Waals surface area (Å²) >= 11 is 0. The molecule has 0 aliphatic carbocycles. The number of aromatic nitrogens is 1. The first-order chi connectivity index (χ1) is 10.2. The molecular formula is C15H19N3O3. The highest BCUT2D eigenvalue weighted by molar-refractivity contribution is 5.83. The van der Waals surface area contributed by atoms with Crippen LogP contribution in [0.1, 0.15) is 18.4 Å². The van der Waals surface area contributed by atoms with Crippen molar-refractivity contribution in [1.29, 1.82) is 0 Å². The minimum atomic E-state index is -0.810. The zero-order valence-electron chi connectivity index (χ0n) is 11.7. The summed E-state index contributed by atoms with van der Waals surface area (Å²) < 4.78 is 4.56. The molecule has 0 radical (unpaired) electrons. The summed E-state index contributed by atoms with van der Waals surface area (Å²) in [6, 6.07) is 8.07. The molecule has 0 aliphatic heterocycles. The highest BCUT2D eigenvalue weighted by Gasteiger charge is 2.05. The summed E-state index contributed by atoms with van der Waals surface area (Å²) in [5, 5.41) is 4.03. The Morgan fingerprint density at radius 2 is 2.10 bits per heavy atom. The Bertz CT molecular complexity index is 621. The highest BCUT2D eigenvalue weighted by atomic mass is 16.5. The van der Waals surface area contributed by atoms with Gasteiger partial charge in [0, 0.05) is 30.1 Å². The lowest BCUT2D eigenvalue weighted by atomic mass is 10.1. The number of carbonyl (C=O) groups is 2. The molecule has 0 saturated carbocycles. The molecular weight excluding hydrogens is 270 g/mol. The van der Waals surface area contributed by atoms with E-state index in [9.17, 15) is 9.59 Å². The molecule has 0 unspecified atom stereocenters. The average molecular weight is 289 g/mol. The molecule has 4 N–H and O–H groups in total. The molecule has 0 fully saturated rings. The second-order valence-corrected chi connectivity index (χ2v) is 4.73. The Morgan fingerprint density at radius 3 is 2.90 bits per heavy atom. The number of fused-ring (bicyclic) bond motifs is 1. The molecule has 6 heteroatoms. The van der Waals surface area contributed by atoms with E-state index in [1.807, 2.05) is 24.4 Å². The van der Waals surface area contributed by atoms with Crippen LogP contribution in [0.25, 0.3) is 10.9 Å². The van der Waals surface area contributed by atoms with Gasteiger partial charge in [-0.05, 0) is 24.5 Å². The molecule has 21 heavy (non-hydrogen) atoms. The van der Waals surface area contributed by atoms with Crippen molar-refractivity contribution >= 4 is 22.9 Å². The van der Waals surface area contributed by atoms with Crippen LogP contribution in [0.15, 0.2) is 30.5 Å². The normalized spacial score (nSPS) is 10.5. The Morgan fingerprint density at radius 1 is 1.29 bits per heavy atom. The minimum absolute atomic E-state index is 0.0529. The van der Waals surface area contributed by atoms with Crippen LogP contribution in [-0.2, 0) is 16.0 Å². The number of nitrogens with one attached hydrogen (secondary N) is 2. The van der Waals surface area contributed by atoms with Crippen LogP contribution >= 0.6 is 0 Å². The maximum Gasteiger partial charge on any atom is 0.404 e. The Hall–Kier alpha value is -2.50. The van der Waals surface area contributed by atoms with Crippen LogP contribution in [0.5, 0.6) is 0 Å². The third-order valence-electron chi connectivity index (χ3n) is 3.18. The van der Waals surface area contributed by atoms with Gasteiger partial charge in [-0.3, -0.25) is 4.79 Å². The number of nitrogens with two attached hydrogens (primary N) is 1. The lowest BCUT2D eigenvalue weighted by Crippen LogP contribution is -2.26. The van der Waals surface area contributed by atoms with Crippen LogP contribution in [0.4, 0.5) is 4.79 Å². The molecule has 0 aliphatic rings. The van der Waals surface area contributed by atoms with Gasteiger partial charge in [0.05, 0.1) is 6.61 Å². The summed E-state index contributed by atoms with van der Waals surface area (Å²) in [5.74, 6) is -0.0529. The standard InChI is InChI=1S/C15H19N3O3/c16-15(20)21-9-3-6-14(19)17-8-7-11-10-18-13-5-2-1-4-12(11)13/h1-2,4-5,10,18H,3,6-9H2,(H2,16,20)(H,17,19). The number of hydrogen-bond donors (Lipinski definition) is 3. The maximum atomic E-state index is 11.6. The van der Waals surface area contributed by atoms with Crippen LogP contribution in [0.3, 0.4) is 0 Å². The Kier molecular flexibility index (Phi) is 5.20. The lowest BCUT2D eigenvalue weighted by Gasteiger charge is -2.05. The van der Waals surface area contributed by atoms with Gasteiger partial charge in [0.15, 0.2) is 0 Å². The average Bonchev–Trinajstić information content (AvgIpc) is 2.87. The number of carbonyl (C=O) groups excluding carboxylic acids is 2. The molecule has 0 atom stereocenters. The third kappa shape index (κ3) is 4.52. The fourth-order valence-electron chi connectivity index (χ4n) is 2.17. The number of amides is 2. The van der Waals surface area contributed by atoms with Gasteiger partial charge >= 0.3 is 6.09 Å². The van der Waals surface area contributed by atoms with Crippen LogP contribution in [0.2, 0.25) is 0 Å². The Labute approximate surface area is 122 Å². The van der Waals surface area contributed by atoms with Crippen molar-refractivity contribution in [1.82, 2.24) is 10.3 Å². The molecule has 0 spiro atoms. The van der Waals surface area contributed by atoms with Crippen LogP contribution < -0.4 is 11.1 Å². The minimum Gasteiger partial charge on any atom is -0.450 e. The number of rotatable bonds is 7. The molecule has 2 rings (SSSR count). The smallest absolute Gasteiger partial charge is 0.404 e. The van der Waals surface area contributed by atoms with Gasteiger partial charge in [-0.2, -0.15) is 0 Å². The van der Waals surface area contributed by atoms with Crippen LogP contribution in [0, 0.1) is 0 Å². The van der Waals surface area contributed by atoms with Crippen molar-refractivity contribution in [3.63, 3.8) is 0 Å². The number of primary amides is 1. The first-order valence-corrected chi connectivity index (χ1v) is 6.91. The second-order valence-electron chi connectivity index (χ2n) is 4.73. The number of H-pyrrole nitrogens is 1. The summed E-state index contributed by atoms with van der Waals surface area (Å²) in [6.45, 7) is 0.753. The van der Waals surface area contributed by atoms with E-state index in [4.69, 9.17) is 5.73 Å². The number of ether oxygens (including phenoxy) is 1. The van der Waals surface area contributed by atoms with E-state index in [1.54, 1.807) is 0 Å². The fraction of sp³-hybridized carbons (Fsp3) is 0.333. The van der Waals surface area contributed by atoms with E-state index in [0.717, 1.165) is 11.9 Å². The van der Waals surface area contributed by atoms with Gasteiger partial charge in [0.2, 0.25) is 5.91 Å². The molecule has 1 heterocycles. The molecule has 2 aromatic rings. The SMILES string of the molecule is NC(=O)OCCCC(=O)NCCc1c[nH]c2ccccc12. The summed E-state index contributed by atoms with van der Waals surface area (Å²) in [6.07, 6.45) is 2.73. The maximum absolute atomic E-state index is 11.6.